The van der Waals surface area contributed by atoms with E-state index in [0.717, 1.165) is 44.8 Å². The Balaban J connectivity index is 0.00000392. The van der Waals surface area contributed by atoms with Crippen LogP contribution < -0.4 is 5.73 Å². The number of amidine groups is 1. The molecule has 0 atom stereocenters. The zero-order chi connectivity index (χ0) is 19.4. The van der Waals surface area contributed by atoms with Gasteiger partial charge in [-0.05, 0) is 44.4 Å². The van der Waals surface area contributed by atoms with Crippen LogP contribution in [0.2, 0.25) is 0 Å². The molecule has 2 aliphatic carbocycles. The Bertz CT molecular complexity index is 446. The molecule has 2 fully saturated rings. The molecule has 2 aliphatic rings. The quantitative estimate of drug-likeness (QED) is 0.179. The minimum Gasteiger partial charge on any atom is -0.387 e. The van der Waals surface area contributed by atoms with Gasteiger partial charge in [0.2, 0.25) is 0 Å². The Labute approximate surface area is 178 Å². The Morgan fingerprint density at radius 1 is 0.893 bits per heavy atom. The van der Waals surface area contributed by atoms with Crippen molar-refractivity contribution in [1.29, 1.82) is 5.41 Å². The molecule has 2 saturated carbocycles. The number of ketones is 1. The van der Waals surface area contributed by atoms with E-state index >= 15 is 0 Å². The molecule has 164 valence electrons. The van der Waals surface area contributed by atoms with Gasteiger partial charge in [-0.2, -0.15) is 0 Å². The molecule has 0 aromatic heterocycles. The van der Waals surface area contributed by atoms with Crippen molar-refractivity contribution in [1.82, 2.24) is 0 Å². The number of unbranched alkanes of at least 4 members (excludes halogenated alkanes) is 8. The van der Waals surface area contributed by atoms with Crippen molar-refractivity contribution < 1.29 is 9.53 Å². The van der Waals surface area contributed by atoms with Crippen molar-refractivity contribution in [3.05, 3.63) is 0 Å². The first kappa shape index (κ1) is 25.4. The summed E-state index contributed by atoms with van der Waals surface area (Å²) in [5.74, 6) is 1.14. The van der Waals surface area contributed by atoms with Gasteiger partial charge in [-0.25, -0.2) is 0 Å². The molecule has 0 aliphatic heterocycles. The second kappa shape index (κ2) is 14.4. The van der Waals surface area contributed by atoms with Gasteiger partial charge in [-0.3, -0.25) is 10.2 Å². The SMILES string of the molecule is Cl.N=C(N)C1(C(=O)CCCCCCCCCCCOCC2CCCCC2)CC1. The molecule has 0 aromatic rings. The van der Waals surface area contributed by atoms with Crippen molar-refractivity contribution in [2.75, 3.05) is 13.2 Å². The van der Waals surface area contributed by atoms with Gasteiger partial charge in [0, 0.05) is 19.6 Å². The number of hydrogen-bond donors (Lipinski definition) is 2. The molecular formula is C23H43ClN2O2. The maximum Gasteiger partial charge on any atom is 0.146 e. The molecule has 0 radical (unpaired) electrons. The van der Waals surface area contributed by atoms with Crippen LogP contribution in [0.15, 0.2) is 0 Å². The van der Waals surface area contributed by atoms with E-state index in [-0.39, 0.29) is 24.0 Å². The van der Waals surface area contributed by atoms with Gasteiger partial charge in [-0.1, -0.05) is 64.2 Å². The number of hydrogen-bond acceptors (Lipinski definition) is 3. The first-order valence-electron chi connectivity index (χ1n) is 11.6. The van der Waals surface area contributed by atoms with Gasteiger partial charge in [0.05, 0.1) is 5.41 Å². The van der Waals surface area contributed by atoms with E-state index in [0.29, 0.717) is 6.42 Å². The number of ether oxygens (including phenoxy) is 1. The van der Waals surface area contributed by atoms with Crippen LogP contribution in [0.4, 0.5) is 0 Å². The van der Waals surface area contributed by atoms with Crippen molar-refractivity contribution >= 4 is 24.0 Å². The summed E-state index contributed by atoms with van der Waals surface area (Å²) in [7, 11) is 0. The Kier molecular flexibility index (Phi) is 13.1. The lowest BCUT2D eigenvalue weighted by Crippen LogP contribution is -2.31. The predicted molar refractivity (Wildman–Crippen MR) is 119 cm³/mol. The van der Waals surface area contributed by atoms with E-state index in [2.05, 4.69) is 0 Å². The van der Waals surface area contributed by atoms with Crippen LogP contribution in [-0.2, 0) is 9.53 Å². The fraction of sp³-hybridized carbons (Fsp3) is 0.913. The zero-order valence-corrected chi connectivity index (χ0v) is 18.6. The van der Waals surface area contributed by atoms with Gasteiger partial charge in [0.15, 0.2) is 0 Å². The molecule has 0 heterocycles. The molecule has 0 saturated heterocycles. The van der Waals surface area contributed by atoms with Gasteiger partial charge >= 0.3 is 0 Å². The van der Waals surface area contributed by atoms with Crippen LogP contribution in [0.1, 0.15) is 109 Å². The standard InChI is InChI=1S/C23H42N2O2.ClH/c24-22(25)23(16-17-23)21(26)15-11-6-4-2-1-3-5-7-12-18-27-19-20-13-9-8-10-14-20;/h20H,1-19H2,(H3,24,25);1H. The number of carbonyl (C=O) groups is 1. The smallest absolute Gasteiger partial charge is 0.146 e. The molecule has 2 rings (SSSR count). The van der Waals surface area contributed by atoms with Gasteiger partial charge in [0.1, 0.15) is 11.6 Å². The highest BCUT2D eigenvalue weighted by Gasteiger charge is 2.51. The van der Waals surface area contributed by atoms with Crippen molar-refractivity contribution in [3.63, 3.8) is 0 Å². The number of halogens is 1. The molecule has 28 heavy (non-hydrogen) atoms. The summed E-state index contributed by atoms with van der Waals surface area (Å²) in [6, 6.07) is 0. The van der Waals surface area contributed by atoms with E-state index in [1.165, 1.54) is 77.0 Å². The van der Waals surface area contributed by atoms with E-state index in [1.54, 1.807) is 0 Å². The topological polar surface area (TPSA) is 76.2 Å². The van der Waals surface area contributed by atoms with Crippen LogP contribution in [0.25, 0.3) is 0 Å². The zero-order valence-electron chi connectivity index (χ0n) is 17.8. The molecule has 0 unspecified atom stereocenters. The number of rotatable bonds is 16. The molecule has 0 spiro atoms. The third kappa shape index (κ3) is 9.26. The summed E-state index contributed by atoms with van der Waals surface area (Å²) in [5, 5.41) is 7.55. The van der Waals surface area contributed by atoms with Crippen LogP contribution in [-0.4, -0.2) is 24.8 Å². The molecule has 0 bridgehead atoms. The van der Waals surface area contributed by atoms with E-state index in [4.69, 9.17) is 15.9 Å². The third-order valence-corrected chi connectivity index (χ3v) is 6.57. The van der Waals surface area contributed by atoms with Gasteiger partial charge in [-0.15, -0.1) is 12.4 Å². The third-order valence-electron chi connectivity index (χ3n) is 6.57. The summed E-state index contributed by atoms with van der Waals surface area (Å²) in [6.07, 6.45) is 20.3. The molecule has 0 aromatic carbocycles. The number of nitrogens with two attached hydrogens (primary N) is 1. The minimum atomic E-state index is -0.542. The largest absolute Gasteiger partial charge is 0.387 e. The lowest BCUT2D eigenvalue weighted by molar-refractivity contribution is -0.122. The van der Waals surface area contributed by atoms with E-state index < -0.39 is 5.41 Å². The summed E-state index contributed by atoms with van der Waals surface area (Å²) in [5.41, 5.74) is 5.02. The summed E-state index contributed by atoms with van der Waals surface area (Å²) < 4.78 is 5.86. The molecule has 3 N–H and O–H groups in total. The number of Topliss-reactive ketones (excluding diaryl/α,β-unsaturated/α-hetero) is 1. The average molecular weight is 415 g/mol. The normalized spacial score (nSPS) is 18.4. The van der Waals surface area contributed by atoms with Crippen molar-refractivity contribution in [2.24, 2.45) is 17.1 Å². The second-order valence-electron chi connectivity index (χ2n) is 8.93. The van der Waals surface area contributed by atoms with Crippen molar-refractivity contribution in [3.8, 4) is 0 Å². The molecule has 5 heteroatoms. The second-order valence-corrected chi connectivity index (χ2v) is 8.93. The average Bonchev–Trinajstić information content (AvgIpc) is 3.48. The number of carbonyl (C=O) groups excluding carboxylic acids is 1. The Hall–Kier alpha value is -0.610. The highest BCUT2D eigenvalue weighted by molar-refractivity contribution is 6.09. The lowest BCUT2D eigenvalue weighted by Gasteiger charge is -2.21. The molecule has 4 nitrogen and oxygen atoms in total. The van der Waals surface area contributed by atoms with Crippen LogP contribution >= 0.6 is 12.4 Å². The lowest BCUT2D eigenvalue weighted by atomic mass is 9.90. The van der Waals surface area contributed by atoms with Crippen LogP contribution in [0.5, 0.6) is 0 Å². The maximum atomic E-state index is 12.1. The highest BCUT2D eigenvalue weighted by atomic mass is 35.5. The Morgan fingerprint density at radius 3 is 1.96 bits per heavy atom. The minimum absolute atomic E-state index is 0. The maximum absolute atomic E-state index is 12.1. The van der Waals surface area contributed by atoms with Crippen molar-refractivity contribution in [2.45, 2.75) is 109 Å². The van der Waals surface area contributed by atoms with E-state index in [9.17, 15) is 4.79 Å². The Morgan fingerprint density at radius 2 is 1.43 bits per heavy atom. The summed E-state index contributed by atoms with van der Waals surface area (Å²) >= 11 is 0. The first-order chi connectivity index (χ1) is 13.1. The van der Waals surface area contributed by atoms with E-state index in [1.807, 2.05) is 0 Å². The van der Waals surface area contributed by atoms with Crippen LogP contribution in [0.3, 0.4) is 0 Å². The number of nitrogens with one attached hydrogen (secondary N) is 1. The molecule has 0 amide bonds. The van der Waals surface area contributed by atoms with Crippen LogP contribution in [0, 0.1) is 16.7 Å². The predicted octanol–water partition coefficient (Wildman–Crippen LogP) is 6.19. The van der Waals surface area contributed by atoms with Gasteiger partial charge in [0.25, 0.3) is 0 Å². The fourth-order valence-corrected chi connectivity index (χ4v) is 4.39. The molecular weight excluding hydrogens is 372 g/mol. The summed E-state index contributed by atoms with van der Waals surface area (Å²) in [6.45, 7) is 1.95. The van der Waals surface area contributed by atoms with Gasteiger partial charge < -0.3 is 10.5 Å². The fourth-order valence-electron chi connectivity index (χ4n) is 4.39. The first-order valence-corrected chi connectivity index (χ1v) is 11.6. The highest BCUT2D eigenvalue weighted by Crippen LogP contribution is 2.47. The monoisotopic (exact) mass is 414 g/mol. The summed E-state index contributed by atoms with van der Waals surface area (Å²) in [4.78, 5) is 12.1.